The molecule has 0 spiro atoms. The number of carbonyl (C=O) groups is 1. The van der Waals surface area contributed by atoms with Gasteiger partial charge in [0.1, 0.15) is 5.52 Å². The van der Waals surface area contributed by atoms with Gasteiger partial charge in [-0.15, -0.1) is 0 Å². The maximum absolute atomic E-state index is 11.1. The summed E-state index contributed by atoms with van der Waals surface area (Å²) in [5, 5.41) is 3.90. The predicted octanol–water partition coefficient (Wildman–Crippen LogP) is 2.94. The summed E-state index contributed by atoms with van der Waals surface area (Å²) in [4.78, 5) is 15.5. The molecule has 5 nitrogen and oxygen atoms in total. The van der Waals surface area contributed by atoms with Crippen LogP contribution >= 0.6 is 11.6 Å². The number of nitrogens with one attached hydrogen (secondary N) is 1. The molecule has 0 saturated heterocycles. The number of fused-ring (bicyclic) bond motifs is 1. The van der Waals surface area contributed by atoms with Crippen LogP contribution in [0.1, 0.15) is 25.7 Å². The zero-order valence-electron chi connectivity index (χ0n) is 10.9. The Hall–Kier alpha value is -1.75. The number of carbonyl (C=O) groups excluding carboxylic acids is 1. The van der Waals surface area contributed by atoms with E-state index >= 15 is 0 Å². The van der Waals surface area contributed by atoms with E-state index in [1.165, 1.54) is 0 Å². The van der Waals surface area contributed by atoms with E-state index in [1.54, 1.807) is 12.1 Å². The van der Waals surface area contributed by atoms with Crippen LogP contribution in [-0.4, -0.2) is 16.9 Å². The third-order valence-electron chi connectivity index (χ3n) is 3.81. The van der Waals surface area contributed by atoms with Crippen LogP contribution in [0.3, 0.4) is 0 Å². The molecule has 1 aromatic heterocycles. The first kappa shape index (κ1) is 13.2. The van der Waals surface area contributed by atoms with Crippen molar-refractivity contribution in [3.8, 4) is 0 Å². The van der Waals surface area contributed by atoms with Crippen molar-refractivity contribution in [3.05, 3.63) is 23.2 Å². The lowest BCUT2D eigenvalue weighted by Gasteiger charge is -2.26. The van der Waals surface area contributed by atoms with Crippen molar-refractivity contribution >= 4 is 34.6 Å². The third-order valence-corrected chi connectivity index (χ3v) is 4.04. The quantitative estimate of drug-likeness (QED) is 0.911. The number of anilines is 1. The summed E-state index contributed by atoms with van der Waals surface area (Å²) in [6.45, 7) is 0. The van der Waals surface area contributed by atoms with E-state index < -0.39 is 0 Å². The van der Waals surface area contributed by atoms with Crippen molar-refractivity contribution in [1.29, 1.82) is 0 Å². The van der Waals surface area contributed by atoms with Gasteiger partial charge >= 0.3 is 0 Å². The fourth-order valence-corrected chi connectivity index (χ4v) is 2.82. The van der Waals surface area contributed by atoms with Gasteiger partial charge in [0.05, 0.1) is 0 Å². The first-order valence-corrected chi connectivity index (χ1v) is 7.11. The Kier molecular flexibility index (Phi) is 3.53. The van der Waals surface area contributed by atoms with E-state index in [0.717, 1.165) is 31.2 Å². The normalized spacial score (nSPS) is 22.9. The molecular formula is C14H16ClN3O2. The van der Waals surface area contributed by atoms with Crippen LogP contribution in [0.15, 0.2) is 22.6 Å². The molecule has 1 fully saturated rings. The molecule has 1 aliphatic carbocycles. The average Bonchev–Trinajstić information content (AvgIpc) is 2.80. The highest BCUT2D eigenvalue weighted by Gasteiger charge is 2.25. The Morgan fingerprint density at radius 2 is 2.10 bits per heavy atom. The number of hydrogen-bond donors (Lipinski definition) is 2. The Morgan fingerprint density at radius 3 is 2.80 bits per heavy atom. The number of amides is 1. The van der Waals surface area contributed by atoms with E-state index in [9.17, 15) is 4.79 Å². The third kappa shape index (κ3) is 2.72. The molecule has 20 heavy (non-hydrogen) atoms. The van der Waals surface area contributed by atoms with Gasteiger partial charge in [0.2, 0.25) is 5.91 Å². The van der Waals surface area contributed by atoms with Gasteiger partial charge in [0, 0.05) is 23.0 Å². The fraction of sp³-hybridized carbons (Fsp3) is 0.429. The Balaban J connectivity index is 1.66. The highest BCUT2D eigenvalue weighted by atomic mass is 35.5. The molecule has 2 aromatic rings. The molecule has 0 radical (unpaired) electrons. The summed E-state index contributed by atoms with van der Waals surface area (Å²) < 4.78 is 5.63. The van der Waals surface area contributed by atoms with Gasteiger partial charge in [-0.05, 0) is 37.8 Å². The Labute approximate surface area is 121 Å². The number of nitrogens with zero attached hydrogens (tertiary/aromatic N) is 1. The van der Waals surface area contributed by atoms with E-state index in [4.69, 9.17) is 21.8 Å². The topological polar surface area (TPSA) is 81.2 Å². The summed E-state index contributed by atoms with van der Waals surface area (Å²) in [5.41, 5.74) is 6.78. The van der Waals surface area contributed by atoms with Crippen LogP contribution in [0.4, 0.5) is 6.01 Å². The van der Waals surface area contributed by atoms with Crippen LogP contribution in [0.2, 0.25) is 5.02 Å². The number of benzene rings is 1. The molecule has 0 aliphatic heterocycles. The van der Waals surface area contributed by atoms with Gasteiger partial charge in [-0.25, -0.2) is 0 Å². The van der Waals surface area contributed by atoms with Crippen molar-refractivity contribution in [1.82, 2.24) is 4.98 Å². The van der Waals surface area contributed by atoms with Gasteiger partial charge < -0.3 is 15.5 Å². The maximum atomic E-state index is 11.1. The largest absolute Gasteiger partial charge is 0.423 e. The minimum atomic E-state index is -0.194. The van der Waals surface area contributed by atoms with Gasteiger partial charge in [-0.1, -0.05) is 11.6 Å². The summed E-state index contributed by atoms with van der Waals surface area (Å²) in [5.74, 6) is -0.185. The zero-order chi connectivity index (χ0) is 14.1. The van der Waals surface area contributed by atoms with E-state index in [0.29, 0.717) is 16.6 Å². The lowest BCUT2D eigenvalue weighted by atomic mass is 9.86. The summed E-state index contributed by atoms with van der Waals surface area (Å²) in [7, 11) is 0. The lowest BCUT2D eigenvalue weighted by Crippen LogP contribution is -2.32. The van der Waals surface area contributed by atoms with Crippen molar-refractivity contribution in [3.63, 3.8) is 0 Å². The molecule has 0 unspecified atom stereocenters. The van der Waals surface area contributed by atoms with E-state index in [-0.39, 0.29) is 17.9 Å². The standard InChI is InChI=1S/C14H16ClN3O2/c15-9-3-6-11-12(7-9)20-14(18-11)17-10-4-1-8(2-5-10)13(16)19/h3,6-8,10H,1-2,4-5H2,(H2,16,19)(H,17,18). The molecule has 0 atom stereocenters. The van der Waals surface area contributed by atoms with Gasteiger partial charge in [-0.2, -0.15) is 4.98 Å². The van der Waals surface area contributed by atoms with Crippen molar-refractivity contribution < 1.29 is 9.21 Å². The van der Waals surface area contributed by atoms with Gasteiger partial charge in [-0.3, -0.25) is 4.79 Å². The minimum absolute atomic E-state index is 0.00971. The second-order valence-corrected chi connectivity index (χ2v) is 5.66. The van der Waals surface area contributed by atoms with Crippen molar-refractivity contribution in [2.45, 2.75) is 31.7 Å². The number of rotatable bonds is 3. The van der Waals surface area contributed by atoms with E-state index in [2.05, 4.69) is 10.3 Å². The van der Waals surface area contributed by atoms with Crippen molar-refractivity contribution in [2.24, 2.45) is 11.7 Å². The van der Waals surface area contributed by atoms with E-state index in [1.807, 2.05) is 6.07 Å². The summed E-state index contributed by atoms with van der Waals surface area (Å²) in [6.07, 6.45) is 3.43. The predicted molar refractivity (Wildman–Crippen MR) is 77.6 cm³/mol. The molecule has 1 amide bonds. The zero-order valence-corrected chi connectivity index (χ0v) is 11.7. The number of nitrogens with two attached hydrogens (primary N) is 1. The monoisotopic (exact) mass is 293 g/mol. The molecule has 6 heteroatoms. The SMILES string of the molecule is NC(=O)C1CCC(Nc2nc3ccc(Cl)cc3o2)CC1. The maximum Gasteiger partial charge on any atom is 0.295 e. The highest BCUT2D eigenvalue weighted by molar-refractivity contribution is 6.31. The molecule has 3 N–H and O–H groups in total. The summed E-state index contributed by atoms with van der Waals surface area (Å²) >= 11 is 5.91. The second-order valence-electron chi connectivity index (χ2n) is 5.23. The molecular weight excluding hydrogens is 278 g/mol. The van der Waals surface area contributed by atoms with Gasteiger partial charge in [0.15, 0.2) is 5.58 Å². The molecule has 106 valence electrons. The second kappa shape index (κ2) is 5.32. The number of primary amides is 1. The van der Waals surface area contributed by atoms with Crippen LogP contribution in [0.5, 0.6) is 0 Å². The number of aromatic nitrogens is 1. The highest BCUT2D eigenvalue weighted by Crippen LogP contribution is 2.28. The van der Waals surface area contributed by atoms with Crippen LogP contribution in [-0.2, 0) is 4.79 Å². The first-order chi connectivity index (χ1) is 9.61. The van der Waals surface area contributed by atoms with Gasteiger partial charge in [0.25, 0.3) is 6.01 Å². The Bertz CT molecular complexity index is 632. The molecule has 0 bridgehead atoms. The number of oxazole rings is 1. The fourth-order valence-electron chi connectivity index (χ4n) is 2.66. The molecule has 1 saturated carbocycles. The molecule has 1 aromatic carbocycles. The minimum Gasteiger partial charge on any atom is -0.423 e. The number of hydrogen-bond acceptors (Lipinski definition) is 4. The smallest absolute Gasteiger partial charge is 0.295 e. The van der Waals surface area contributed by atoms with Crippen LogP contribution < -0.4 is 11.1 Å². The molecule has 1 aliphatic rings. The lowest BCUT2D eigenvalue weighted by molar-refractivity contribution is -0.122. The summed E-state index contributed by atoms with van der Waals surface area (Å²) in [6, 6.07) is 6.14. The van der Waals surface area contributed by atoms with Crippen LogP contribution in [0, 0.1) is 5.92 Å². The Morgan fingerprint density at radius 1 is 1.35 bits per heavy atom. The molecule has 1 heterocycles. The first-order valence-electron chi connectivity index (χ1n) is 6.74. The van der Waals surface area contributed by atoms with Crippen molar-refractivity contribution in [2.75, 3.05) is 5.32 Å². The molecule has 3 rings (SSSR count). The average molecular weight is 294 g/mol. The van der Waals surface area contributed by atoms with Crippen LogP contribution in [0.25, 0.3) is 11.1 Å². The number of halogens is 1.